The Hall–Kier alpha value is -1.62. The minimum atomic E-state index is -0.977. The molecule has 1 saturated heterocycles. The fraction of sp³-hybridized carbons (Fsp3) is 0.455. The number of carbonyl (C=O) groups is 1. The smallest absolute Gasteiger partial charge is 0.354 e. The van der Waals surface area contributed by atoms with Gasteiger partial charge in [-0.15, -0.1) is 0 Å². The number of anilines is 1. The Kier molecular flexibility index (Phi) is 3.36. The summed E-state index contributed by atoms with van der Waals surface area (Å²) in [6.45, 7) is 3.72. The lowest BCUT2D eigenvalue weighted by molar-refractivity contribution is 0.0690. The Balaban J connectivity index is 2.18. The molecule has 1 aliphatic rings. The molecule has 16 heavy (non-hydrogen) atoms. The maximum Gasteiger partial charge on any atom is 0.354 e. The van der Waals surface area contributed by atoms with Crippen LogP contribution in [0.4, 0.5) is 5.82 Å². The zero-order valence-electron chi connectivity index (χ0n) is 9.02. The number of hydrogen-bond donors (Lipinski definition) is 2. The van der Waals surface area contributed by atoms with Crippen LogP contribution in [0.15, 0.2) is 18.2 Å². The van der Waals surface area contributed by atoms with Crippen LogP contribution >= 0.6 is 0 Å². The van der Waals surface area contributed by atoms with E-state index in [9.17, 15) is 4.79 Å². The van der Waals surface area contributed by atoms with E-state index in [1.165, 1.54) is 6.07 Å². The van der Waals surface area contributed by atoms with Crippen molar-refractivity contribution in [2.24, 2.45) is 0 Å². The zero-order chi connectivity index (χ0) is 11.4. The third-order valence-electron chi connectivity index (χ3n) is 2.62. The van der Waals surface area contributed by atoms with Gasteiger partial charge in [-0.3, -0.25) is 0 Å². The highest BCUT2D eigenvalue weighted by atomic mass is 16.4. The van der Waals surface area contributed by atoms with Crippen LogP contribution in [0.2, 0.25) is 0 Å². The van der Waals surface area contributed by atoms with E-state index in [0.29, 0.717) is 0 Å². The van der Waals surface area contributed by atoms with Crippen molar-refractivity contribution in [3.8, 4) is 0 Å². The molecule has 0 unspecified atom stereocenters. The van der Waals surface area contributed by atoms with E-state index in [1.807, 2.05) is 6.07 Å². The fourth-order valence-electron chi connectivity index (χ4n) is 1.79. The molecule has 5 nitrogen and oxygen atoms in total. The first-order valence-electron chi connectivity index (χ1n) is 5.43. The summed E-state index contributed by atoms with van der Waals surface area (Å²) < 4.78 is 0. The summed E-state index contributed by atoms with van der Waals surface area (Å²) in [4.78, 5) is 17.1. The Morgan fingerprint density at radius 3 is 3.06 bits per heavy atom. The van der Waals surface area contributed by atoms with E-state index in [4.69, 9.17) is 5.11 Å². The molecule has 2 rings (SSSR count). The molecule has 5 heteroatoms. The van der Waals surface area contributed by atoms with Gasteiger partial charge >= 0.3 is 5.97 Å². The first-order chi connectivity index (χ1) is 7.77. The summed E-state index contributed by atoms with van der Waals surface area (Å²) >= 11 is 0. The number of aromatic carboxylic acids is 1. The van der Waals surface area contributed by atoms with Gasteiger partial charge in [-0.1, -0.05) is 6.07 Å². The third kappa shape index (κ3) is 2.49. The predicted molar refractivity (Wildman–Crippen MR) is 60.9 cm³/mol. The number of aromatic nitrogens is 1. The summed E-state index contributed by atoms with van der Waals surface area (Å²) in [6, 6.07) is 5.11. The van der Waals surface area contributed by atoms with Crippen LogP contribution in [-0.2, 0) is 0 Å². The van der Waals surface area contributed by atoms with Gasteiger partial charge in [0, 0.05) is 19.6 Å². The van der Waals surface area contributed by atoms with Gasteiger partial charge in [0.2, 0.25) is 0 Å². The Morgan fingerprint density at radius 1 is 1.38 bits per heavy atom. The van der Waals surface area contributed by atoms with Crippen molar-refractivity contribution in [1.29, 1.82) is 0 Å². The van der Waals surface area contributed by atoms with Crippen molar-refractivity contribution >= 4 is 11.8 Å². The summed E-state index contributed by atoms with van der Waals surface area (Å²) in [7, 11) is 0. The van der Waals surface area contributed by atoms with E-state index in [0.717, 1.165) is 38.4 Å². The largest absolute Gasteiger partial charge is 0.477 e. The first kappa shape index (κ1) is 10.9. The lowest BCUT2D eigenvalue weighted by Gasteiger charge is -2.20. The maximum absolute atomic E-state index is 10.8. The van der Waals surface area contributed by atoms with E-state index >= 15 is 0 Å². The van der Waals surface area contributed by atoms with Crippen LogP contribution in [0.25, 0.3) is 0 Å². The Bertz CT molecular complexity index is 373. The number of carboxylic acid groups (broad SMARTS) is 1. The predicted octanol–water partition coefficient (Wildman–Crippen LogP) is 0.579. The topological polar surface area (TPSA) is 65.5 Å². The van der Waals surface area contributed by atoms with Gasteiger partial charge < -0.3 is 15.3 Å². The van der Waals surface area contributed by atoms with E-state index in [2.05, 4.69) is 15.2 Å². The van der Waals surface area contributed by atoms with Crippen molar-refractivity contribution in [3.63, 3.8) is 0 Å². The number of rotatable bonds is 2. The molecule has 2 heterocycles. The van der Waals surface area contributed by atoms with Crippen LogP contribution in [0.1, 0.15) is 16.9 Å². The third-order valence-corrected chi connectivity index (χ3v) is 2.62. The minimum absolute atomic E-state index is 0.106. The molecule has 0 aromatic carbocycles. The van der Waals surface area contributed by atoms with Crippen molar-refractivity contribution in [2.75, 3.05) is 31.1 Å². The lowest BCUT2D eigenvalue weighted by Crippen LogP contribution is -2.28. The lowest BCUT2D eigenvalue weighted by atomic mass is 10.3. The first-order valence-corrected chi connectivity index (χ1v) is 5.43. The number of hydrogen-bond acceptors (Lipinski definition) is 4. The normalized spacial score (nSPS) is 16.9. The molecule has 86 valence electrons. The summed E-state index contributed by atoms with van der Waals surface area (Å²) in [5.74, 6) is -0.224. The van der Waals surface area contributed by atoms with Crippen LogP contribution in [-0.4, -0.2) is 42.2 Å². The van der Waals surface area contributed by atoms with Gasteiger partial charge in [-0.2, -0.15) is 0 Å². The van der Waals surface area contributed by atoms with Gasteiger partial charge in [0.15, 0.2) is 5.69 Å². The molecule has 1 aromatic rings. The summed E-state index contributed by atoms with van der Waals surface area (Å²) in [5, 5.41) is 12.2. The maximum atomic E-state index is 10.8. The molecule has 1 aromatic heterocycles. The molecule has 1 aliphatic heterocycles. The van der Waals surface area contributed by atoms with Crippen molar-refractivity contribution in [3.05, 3.63) is 23.9 Å². The summed E-state index contributed by atoms with van der Waals surface area (Å²) in [6.07, 6.45) is 1.05. The standard InChI is InChI=1S/C11H15N3O2/c15-11(16)9-3-1-4-10(13-9)14-7-2-5-12-6-8-14/h1,3-4,12H,2,5-8H2,(H,15,16). The second-order valence-corrected chi connectivity index (χ2v) is 3.78. The zero-order valence-corrected chi connectivity index (χ0v) is 9.02. The van der Waals surface area contributed by atoms with E-state index in [1.54, 1.807) is 6.07 Å². The molecule has 0 atom stereocenters. The molecule has 0 amide bonds. The highest BCUT2D eigenvalue weighted by Gasteiger charge is 2.12. The van der Waals surface area contributed by atoms with E-state index < -0.39 is 5.97 Å². The number of carboxylic acids is 1. The monoisotopic (exact) mass is 221 g/mol. The number of nitrogens with zero attached hydrogens (tertiary/aromatic N) is 2. The molecule has 0 saturated carbocycles. The second kappa shape index (κ2) is 4.94. The minimum Gasteiger partial charge on any atom is -0.477 e. The van der Waals surface area contributed by atoms with Crippen molar-refractivity contribution < 1.29 is 9.90 Å². The SMILES string of the molecule is O=C(O)c1cccc(N2CCCNCC2)n1. The van der Waals surface area contributed by atoms with Crippen LogP contribution in [0.5, 0.6) is 0 Å². The van der Waals surface area contributed by atoms with Gasteiger partial charge in [0.1, 0.15) is 5.82 Å². The molecular weight excluding hydrogens is 206 g/mol. The van der Waals surface area contributed by atoms with Gasteiger partial charge in [-0.25, -0.2) is 9.78 Å². The van der Waals surface area contributed by atoms with E-state index in [-0.39, 0.29) is 5.69 Å². The van der Waals surface area contributed by atoms with Crippen molar-refractivity contribution in [2.45, 2.75) is 6.42 Å². The number of pyridine rings is 1. The summed E-state index contributed by atoms with van der Waals surface area (Å²) in [5.41, 5.74) is 0.106. The Labute approximate surface area is 94.1 Å². The molecule has 0 aliphatic carbocycles. The number of nitrogens with one attached hydrogen (secondary N) is 1. The average molecular weight is 221 g/mol. The van der Waals surface area contributed by atoms with Crippen molar-refractivity contribution in [1.82, 2.24) is 10.3 Å². The van der Waals surface area contributed by atoms with Crippen LogP contribution < -0.4 is 10.2 Å². The van der Waals surface area contributed by atoms with Gasteiger partial charge in [0.05, 0.1) is 0 Å². The molecule has 2 N–H and O–H groups in total. The highest BCUT2D eigenvalue weighted by molar-refractivity contribution is 5.85. The Morgan fingerprint density at radius 2 is 2.25 bits per heavy atom. The molecule has 0 radical (unpaired) electrons. The molecule has 0 spiro atoms. The molecule has 0 bridgehead atoms. The fourth-order valence-corrected chi connectivity index (χ4v) is 1.79. The second-order valence-electron chi connectivity index (χ2n) is 3.78. The quantitative estimate of drug-likeness (QED) is 0.764. The highest BCUT2D eigenvalue weighted by Crippen LogP contribution is 2.12. The molecular formula is C11H15N3O2. The van der Waals surface area contributed by atoms with Crippen LogP contribution in [0, 0.1) is 0 Å². The molecule has 1 fully saturated rings. The van der Waals surface area contributed by atoms with Gasteiger partial charge in [-0.05, 0) is 25.1 Å². The average Bonchev–Trinajstić information content (AvgIpc) is 2.57. The van der Waals surface area contributed by atoms with Crippen LogP contribution in [0.3, 0.4) is 0 Å². The van der Waals surface area contributed by atoms with Gasteiger partial charge in [0.25, 0.3) is 0 Å².